The van der Waals surface area contributed by atoms with Gasteiger partial charge >= 0.3 is 0 Å². The number of pyridine rings is 1. The summed E-state index contributed by atoms with van der Waals surface area (Å²) in [5.41, 5.74) is 3.72. The highest BCUT2D eigenvalue weighted by Gasteiger charge is 2.16. The number of H-pyrrole nitrogens is 1. The summed E-state index contributed by atoms with van der Waals surface area (Å²) in [5.74, 6) is 0. The van der Waals surface area contributed by atoms with Crippen molar-refractivity contribution in [1.29, 1.82) is 0 Å². The van der Waals surface area contributed by atoms with E-state index in [1.165, 1.54) is 0 Å². The summed E-state index contributed by atoms with van der Waals surface area (Å²) >= 11 is 0. The van der Waals surface area contributed by atoms with Crippen molar-refractivity contribution in [3.05, 3.63) is 33.2 Å². The third-order valence-corrected chi connectivity index (χ3v) is 1.75. The summed E-state index contributed by atoms with van der Waals surface area (Å²) in [5, 5.41) is 0. The van der Waals surface area contributed by atoms with Gasteiger partial charge in [0.15, 0.2) is 6.29 Å². The predicted octanol–water partition coefficient (Wildman–Crippen LogP) is 0.584. The lowest BCUT2D eigenvalue weighted by Crippen LogP contribution is -2.16. The van der Waals surface area contributed by atoms with Gasteiger partial charge in [-0.3, -0.25) is 9.59 Å². The Morgan fingerprint density at radius 3 is 2.64 bits per heavy atom. The van der Waals surface area contributed by atoms with Crippen LogP contribution in [0, 0.1) is 0 Å². The normalized spacial score (nSPS) is 10.6. The van der Waals surface area contributed by atoms with Crippen molar-refractivity contribution in [1.82, 2.24) is 4.98 Å². The van der Waals surface area contributed by atoms with Crippen molar-refractivity contribution in [2.24, 2.45) is 5.73 Å². The number of carbonyl (C=O) groups excluding carboxylic acids is 1. The Morgan fingerprint density at radius 1 is 1.57 bits per heavy atom. The molecule has 0 saturated heterocycles. The van der Waals surface area contributed by atoms with E-state index in [4.69, 9.17) is 5.73 Å². The van der Waals surface area contributed by atoms with Crippen molar-refractivity contribution in [2.45, 2.75) is 13.0 Å². The SMILES string of the molecule is NCc1[nH]c(=O)cc(C(F)F)c1C=O. The molecule has 76 valence electrons. The summed E-state index contributed by atoms with van der Waals surface area (Å²) in [6.45, 7) is -0.163. The molecule has 0 bridgehead atoms. The summed E-state index contributed by atoms with van der Waals surface area (Å²) in [7, 11) is 0. The second kappa shape index (κ2) is 4.10. The molecule has 14 heavy (non-hydrogen) atoms. The van der Waals surface area contributed by atoms with Crippen LogP contribution < -0.4 is 11.3 Å². The van der Waals surface area contributed by atoms with E-state index in [2.05, 4.69) is 4.98 Å². The number of aromatic nitrogens is 1. The van der Waals surface area contributed by atoms with Crippen LogP contribution in [-0.4, -0.2) is 11.3 Å². The second-order valence-electron chi connectivity index (χ2n) is 2.60. The third kappa shape index (κ3) is 1.85. The van der Waals surface area contributed by atoms with Crippen LogP contribution in [0.3, 0.4) is 0 Å². The smallest absolute Gasteiger partial charge is 0.264 e. The minimum Gasteiger partial charge on any atom is -0.325 e. The van der Waals surface area contributed by atoms with Gasteiger partial charge in [-0.25, -0.2) is 8.78 Å². The Balaban J connectivity index is 3.47. The van der Waals surface area contributed by atoms with E-state index >= 15 is 0 Å². The fourth-order valence-electron chi connectivity index (χ4n) is 1.13. The van der Waals surface area contributed by atoms with Crippen LogP contribution in [0.15, 0.2) is 10.9 Å². The maximum absolute atomic E-state index is 12.4. The number of halogens is 2. The Morgan fingerprint density at radius 2 is 2.21 bits per heavy atom. The molecule has 1 aromatic heterocycles. The van der Waals surface area contributed by atoms with E-state index in [0.29, 0.717) is 6.07 Å². The molecule has 1 heterocycles. The summed E-state index contributed by atoms with van der Waals surface area (Å²) in [6, 6.07) is 0.702. The molecule has 0 radical (unpaired) electrons. The quantitative estimate of drug-likeness (QED) is 0.704. The van der Waals surface area contributed by atoms with Crippen molar-refractivity contribution in [3.63, 3.8) is 0 Å². The van der Waals surface area contributed by atoms with E-state index in [1.54, 1.807) is 0 Å². The summed E-state index contributed by atoms with van der Waals surface area (Å²) in [6.07, 6.45) is -2.60. The van der Waals surface area contributed by atoms with E-state index < -0.39 is 17.5 Å². The van der Waals surface area contributed by atoms with Gasteiger partial charge in [0.2, 0.25) is 5.56 Å². The molecule has 0 fully saturated rings. The number of carbonyl (C=O) groups is 1. The number of alkyl halides is 2. The molecular formula is C8H8F2N2O2. The minimum absolute atomic E-state index is 0.0304. The highest BCUT2D eigenvalue weighted by atomic mass is 19.3. The van der Waals surface area contributed by atoms with Crippen LogP contribution in [0.2, 0.25) is 0 Å². The number of nitrogens with two attached hydrogens (primary N) is 1. The molecule has 0 spiro atoms. The molecule has 1 aromatic rings. The zero-order chi connectivity index (χ0) is 10.7. The molecule has 0 aliphatic rings. The molecule has 0 atom stereocenters. The molecule has 0 aliphatic heterocycles. The molecule has 0 saturated carbocycles. The average molecular weight is 202 g/mol. The van der Waals surface area contributed by atoms with Gasteiger partial charge in [-0.2, -0.15) is 0 Å². The number of hydrogen-bond donors (Lipinski definition) is 2. The molecule has 4 nitrogen and oxygen atoms in total. The monoisotopic (exact) mass is 202 g/mol. The number of rotatable bonds is 3. The first kappa shape index (κ1) is 10.5. The predicted molar refractivity (Wildman–Crippen MR) is 45.3 cm³/mol. The van der Waals surface area contributed by atoms with Gasteiger partial charge in [0, 0.05) is 29.4 Å². The lowest BCUT2D eigenvalue weighted by Gasteiger charge is -2.06. The Bertz CT molecular complexity index is 401. The average Bonchev–Trinajstić information content (AvgIpc) is 2.16. The van der Waals surface area contributed by atoms with Crippen LogP contribution >= 0.6 is 0 Å². The Kier molecular flexibility index (Phi) is 3.08. The molecule has 0 amide bonds. The van der Waals surface area contributed by atoms with Gasteiger partial charge in [0.25, 0.3) is 6.43 Å². The fraction of sp³-hybridized carbons (Fsp3) is 0.250. The Hall–Kier alpha value is -1.56. The summed E-state index contributed by atoms with van der Waals surface area (Å²) < 4.78 is 24.7. The van der Waals surface area contributed by atoms with Crippen LogP contribution in [-0.2, 0) is 6.54 Å². The van der Waals surface area contributed by atoms with Crippen LogP contribution in [0.1, 0.15) is 28.0 Å². The van der Waals surface area contributed by atoms with Crippen LogP contribution in [0.25, 0.3) is 0 Å². The second-order valence-corrected chi connectivity index (χ2v) is 2.60. The summed E-state index contributed by atoms with van der Waals surface area (Å²) in [4.78, 5) is 23.6. The highest BCUT2D eigenvalue weighted by Crippen LogP contribution is 2.21. The van der Waals surface area contributed by atoms with E-state index in [1.807, 2.05) is 0 Å². The first-order valence-electron chi connectivity index (χ1n) is 3.79. The van der Waals surface area contributed by atoms with Gasteiger partial charge in [-0.1, -0.05) is 0 Å². The van der Waals surface area contributed by atoms with Gasteiger partial charge in [-0.05, 0) is 0 Å². The maximum atomic E-state index is 12.4. The molecule has 0 aliphatic carbocycles. The van der Waals surface area contributed by atoms with E-state index in [0.717, 1.165) is 0 Å². The number of nitrogens with one attached hydrogen (secondary N) is 1. The van der Waals surface area contributed by atoms with Gasteiger partial charge in [0.1, 0.15) is 0 Å². The topological polar surface area (TPSA) is 76.0 Å². The molecule has 0 unspecified atom stereocenters. The van der Waals surface area contributed by atoms with Crippen molar-refractivity contribution in [3.8, 4) is 0 Å². The number of aldehydes is 1. The molecule has 6 heteroatoms. The van der Waals surface area contributed by atoms with Crippen molar-refractivity contribution >= 4 is 6.29 Å². The number of aromatic amines is 1. The molecule has 1 rings (SSSR count). The van der Waals surface area contributed by atoms with Crippen LogP contribution in [0.5, 0.6) is 0 Å². The Labute approximate surface area is 77.7 Å². The lowest BCUT2D eigenvalue weighted by atomic mass is 10.1. The number of hydrogen-bond acceptors (Lipinski definition) is 3. The van der Waals surface area contributed by atoms with Gasteiger partial charge in [-0.15, -0.1) is 0 Å². The van der Waals surface area contributed by atoms with E-state index in [-0.39, 0.29) is 24.1 Å². The molecule has 3 N–H and O–H groups in total. The molecule has 0 aromatic carbocycles. The van der Waals surface area contributed by atoms with Gasteiger partial charge < -0.3 is 10.7 Å². The zero-order valence-electron chi connectivity index (χ0n) is 7.09. The van der Waals surface area contributed by atoms with E-state index in [9.17, 15) is 18.4 Å². The molecular weight excluding hydrogens is 194 g/mol. The third-order valence-electron chi connectivity index (χ3n) is 1.75. The van der Waals surface area contributed by atoms with Crippen molar-refractivity contribution in [2.75, 3.05) is 0 Å². The maximum Gasteiger partial charge on any atom is 0.264 e. The standard InChI is InChI=1S/C8H8F2N2O2/c9-8(10)4-1-7(14)12-6(2-11)5(4)3-13/h1,3,8H,2,11H2,(H,12,14). The van der Waals surface area contributed by atoms with Crippen molar-refractivity contribution < 1.29 is 13.6 Å². The largest absolute Gasteiger partial charge is 0.325 e. The first-order chi connectivity index (χ1) is 6.60. The minimum atomic E-state index is -2.86. The fourth-order valence-corrected chi connectivity index (χ4v) is 1.13. The van der Waals surface area contributed by atoms with Gasteiger partial charge in [0.05, 0.1) is 0 Å². The highest BCUT2D eigenvalue weighted by molar-refractivity contribution is 5.78. The zero-order valence-corrected chi connectivity index (χ0v) is 7.09. The lowest BCUT2D eigenvalue weighted by molar-refractivity contribution is 0.110. The first-order valence-corrected chi connectivity index (χ1v) is 3.79. The van der Waals surface area contributed by atoms with Crippen LogP contribution in [0.4, 0.5) is 8.78 Å².